The van der Waals surface area contributed by atoms with Gasteiger partial charge in [-0.05, 0) is 52.8 Å². The van der Waals surface area contributed by atoms with E-state index in [1.807, 2.05) is 36.4 Å². The molecule has 1 aromatic heterocycles. The van der Waals surface area contributed by atoms with Gasteiger partial charge in [0.2, 0.25) is 11.2 Å². The number of carbonyl (C=O) groups is 1. The normalized spacial score (nSPS) is 11.6. The summed E-state index contributed by atoms with van der Waals surface area (Å²) in [6.07, 6.45) is 1.29. The Morgan fingerprint density at radius 1 is 0.912 bits per heavy atom. The Morgan fingerprint density at radius 2 is 1.62 bits per heavy atom. The molecule has 0 saturated heterocycles. The van der Waals surface area contributed by atoms with E-state index in [4.69, 9.17) is 13.9 Å². The van der Waals surface area contributed by atoms with Crippen LogP contribution in [0.4, 0.5) is 0 Å². The van der Waals surface area contributed by atoms with Crippen molar-refractivity contribution in [3.05, 3.63) is 99.9 Å². The molecule has 5 nitrogen and oxygen atoms in total. The number of para-hydroxylation sites is 1. The van der Waals surface area contributed by atoms with Crippen LogP contribution in [0.2, 0.25) is 0 Å². The molecule has 0 atom stereocenters. The van der Waals surface area contributed by atoms with Gasteiger partial charge in [0.05, 0.1) is 10.9 Å². The lowest BCUT2D eigenvalue weighted by molar-refractivity contribution is 0.0735. The van der Waals surface area contributed by atoms with Crippen LogP contribution in [0, 0.1) is 0 Å². The Bertz CT molecular complexity index is 1390. The Labute approximate surface area is 199 Å². The molecule has 0 spiro atoms. The lowest BCUT2D eigenvalue weighted by Gasteiger charge is -2.18. The van der Waals surface area contributed by atoms with E-state index in [1.54, 1.807) is 24.3 Å². The summed E-state index contributed by atoms with van der Waals surface area (Å²) >= 11 is 0. The second-order valence-electron chi connectivity index (χ2n) is 9.60. The minimum atomic E-state index is -0.479. The molecule has 4 aromatic rings. The van der Waals surface area contributed by atoms with Crippen molar-refractivity contribution in [1.29, 1.82) is 0 Å². The lowest BCUT2D eigenvalue weighted by Crippen LogP contribution is -2.13. The van der Waals surface area contributed by atoms with Crippen LogP contribution < -0.4 is 14.9 Å². The first-order valence-corrected chi connectivity index (χ1v) is 11.3. The summed E-state index contributed by atoms with van der Waals surface area (Å²) in [6.45, 7) is 10.5. The standard InChI is InChI=1S/C29H28O5/c1-18(2)22-8-6-7-9-24(22)34-26-17-32-25-16-21(14-15-23(25)27(26)30)33-28(31)19-10-12-20(13-11-19)29(3,4)5/h6-18H,1-5H3. The number of fused-ring (bicyclic) bond motifs is 1. The molecular weight excluding hydrogens is 428 g/mol. The van der Waals surface area contributed by atoms with Crippen LogP contribution in [0.15, 0.2) is 82.2 Å². The van der Waals surface area contributed by atoms with E-state index in [-0.39, 0.29) is 22.5 Å². The monoisotopic (exact) mass is 456 g/mol. The van der Waals surface area contributed by atoms with Gasteiger partial charge in [0.15, 0.2) is 0 Å². The highest BCUT2D eigenvalue weighted by Gasteiger charge is 2.17. The van der Waals surface area contributed by atoms with Gasteiger partial charge in [0.1, 0.15) is 23.3 Å². The largest absolute Gasteiger partial charge is 0.460 e. The van der Waals surface area contributed by atoms with Gasteiger partial charge in [-0.25, -0.2) is 4.79 Å². The van der Waals surface area contributed by atoms with Gasteiger partial charge in [0, 0.05) is 6.07 Å². The van der Waals surface area contributed by atoms with Gasteiger partial charge in [-0.2, -0.15) is 0 Å². The maximum atomic E-state index is 13.0. The fourth-order valence-electron chi connectivity index (χ4n) is 3.67. The smallest absolute Gasteiger partial charge is 0.343 e. The first kappa shape index (κ1) is 23.3. The number of carbonyl (C=O) groups excluding carboxylic acids is 1. The number of esters is 1. The van der Waals surface area contributed by atoms with E-state index in [9.17, 15) is 9.59 Å². The molecule has 0 radical (unpaired) electrons. The topological polar surface area (TPSA) is 65.7 Å². The highest BCUT2D eigenvalue weighted by Crippen LogP contribution is 2.30. The van der Waals surface area contributed by atoms with Crippen LogP contribution in [0.5, 0.6) is 17.2 Å². The molecule has 0 amide bonds. The first-order chi connectivity index (χ1) is 16.1. The average Bonchev–Trinajstić information content (AvgIpc) is 2.80. The van der Waals surface area contributed by atoms with Crippen LogP contribution in [-0.4, -0.2) is 5.97 Å². The molecule has 0 bridgehead atoms. The number of rotatable bonds is 5. The van der Waals surface area contributed by atoms with E-state index in [0.29, 0.717) is 28.0 Å². The molecule has 5 heteroatoms. The van der Waals surface area contributed by atoms with Crippen molar-refractivity contribution in [2.45, 2.75) is 46.0 Å². The minimum Gasteiger partial charge on any atom is -0.460 e. The van der Waals surface area contributed by atoms with Crippen molar-refractivity contribution in [2.75, 3.05) is 0 Å². The van der Waals surface area contributed by atoms with Crippen molar-refractivity contribution < 1.29 is 18.7 Å². The molecule has 1 heterocycles. The zero-order chi connectivity index (χ0) is 24.5. The van der Waals surface area contributed by atoms with Crippen molar-refractivity contribution in [3.63, 3.8) is 0 Å². The van der Waals surface area contributed by atoms with Crippen LogP contribution in [-0.2, 0) is 5.41 Å². The summed E-state index contributed by atoms with van der Waals surface area (Å²) in [7, 11) is 0. The van der Waals surface area contributed by atoms with Gasteiger partial charge in [-0.1, -0.05) is 65.0 Å². The number of benzene rings is 3. The van der Waals surface area contributed by atoms with E-state index in [1.165, 1.54) is 12.3 Å². The molecule has 0 saturated carbocycles. The summed E-state index contributed by atoms with van der Waals surface area (Å²) in [4.78, 5) is 25.6. The molecule has 0 unspecified atom stereocenters. The summed E-state index contributed by atoms with van der Waals surface area (Å²) in [6, 6.07) is 19.6. The summed E-state index contributed by atoms with van der Waals surface area (Å²) in [5.41, 5.74) is 2.59. The van der Waals surface area contributed by atoms with Crippen LogP contribution in [0.3, 0.4) is 0 Å². The fraction of sp³-hybridized carbons (Fsp3) is 0.241. The predicted molar refractivity (Wildman–Crippen MR) is 133 cm³/mol. The lowest BCUT2D eigenvalue weighted by atomic mass is 9.87. The van der Waals surface area contributed by atoms with Crippen molar-refractivity contribution in [2.24, 2.45) is 0 Å². The van der Waals surface area contributed by atoms with Crippen LogP contribution in [0.1, 0.15) is 62.0 Å². The van der Waals surface area contributed by atoms with Gasteiger partial charge in [-0.15, -0.1) is 0 Å². The molecule has 3 aromatic carbocycles. The third kappa shape index (κ3) is 4.88. The highest BCUT2D eigenvalue weighted by molar-refractivity contribution is 5.91. The molecule has 0 aliphatic carbocycles. The molecule has 34 heavy (non-hydrogen) atoms. The van der Waals surface area contributed by atoms with Gasteiger partial charge < -0.3 is 13.9 Å². The Morgan fingerprint density at radius 3 is 2.29 bits per heavy atom. The maximum absolute atomic E-state index is 13.0. The molecular formula is C29H28O5. The summed E-state index contributed by atoms with van der Waals surface area (Å²) in [5, 5.41) is 0.342. The number of ether oxygens (including phenoxy) is 2. The molecule has 4 rings (SSSR count). The predicted octanol–water partition coefficient (Wildman–Crippen LogP) is 7.23. The van der Waals surface area contributed by atoms with Crippen molar-refractivity contribution >= 4 is 16.9 Å². The molecule has 0 aliphatic rings. The Hall–Kier alpha value is -3.86. The van der Waals surface area contributed by atoms with Crippen LogP contribution >= 0.6 is 0 Å². The molecule has 0 N–H and O–H groups in total. The summed E-state index contributed by atoms with van der Waals surface area (Å²) < 4.78 is 17.1. The third-order valence-electron chi connectivity index (χ3n) is 5.67. The second-order valence-corrected chi connectivity index (χ2v) is 9.60. The minimum absolute atomic E-state index is 0.00223. The average molecular weight is 457 g/mol. The van der Waals surface area contributed by atoms with E-state index in [2.05, 4.69) is 34.6 Å². The fourth-order valence-corrected chi connectivity index (χ4v) is 3.67. The van der Waals surface area contributed by atoms with Gasteiger partial charge >= 0.3 is 5.97 Å². The quantitative estimate of drug-likeness (QED) is 0.234. The SMILES string of the molecule is CC(C)c1ccccc1Oc1coc2cc(OC(=O)c3ccc(C(C)(C)C)cc3)ccc2c1=O. The van der Waals surface area contributed by atoms with Crippen LogP contribution in [0.25, 0.3) is 11.0 Å². The Kier molecular flexibility index (Phi) is 6.29. The second kappa shape index (κ2) is 9.18. The molecule has 174 valence electrons. The van der Waals surface area contributed by atoms with E-state index < -0.39 is 5.97 Å². The summed E-state index contributed by atoms with van der Waals surface area (Å²) in [5.74, 6) is 0.772. The maximum Gasteiger partial charge on any atom is 0.343 e. The third-order valence-corrected chi connectivity index (χ3v) is 5.67. The number of hydrogen-bond donors (Lipinski definition) is 0. The zero-order valence-electron chi connectivity index (χ0n) is 20.0. The van der Waals surface area contributed by atoms with Crippen molar-refractivity contribution in [3.8, 4) is 17.2 Å². The van der Waals surface area contributed by atoms with E-state index >= 15 is 0 Å². The van der Waals surface area contributed by atoms with Gasteiger partial charge in [-0.3, -0.25) is 4.79 Å². The molecule has 0 fully saturated rings. The molecule has 0 aliphatic heterocycles. The van der Waals surface area contributed by atoms with Crippen molar-refractivity contribution in [1.82, 2.24) is 0 Å². The Balaban J connectivity index is 1.56. The number of hydrogen-bond acceptors (Lipinski definition) is 5. The van der Waals surface area contributed by atoms with E-state index in [0.717, 1.165) is 11.1 Å². The highest BCUT2D eigenvalue weighted by atomic mass is 16.5. The zero-order valence-corrected chi connectivity index (χ0v) is 20.0. The van der Waals surface area contributed by atoms with Gasteiger partial charge in [0.25, 0.3) is 0 Å². The first-order valence-electron chi connectivity index (χ1n) is 11.3.